The molecule has 0 atom stereocenters. The van der Waals surface area contributed by atoms with E-state index in [2.05, 4.69) is 4.98 Å². The van der Waals surface area contributed by atoms with Gasteiger partial charge in [-0.2, -0.15) is 0 Å². The monoisotopic (exact) mass is 283 g/mol. The van der Waals surface area contributed by atoms with E-state index in [1.165, 1.54) is 17.0 Å². The fraction of sp³-hybridized carbons (Fsp3) is 0.500. The van der Waals surface area contributed by atoms with Crippen molar-refractivity contribution in [2.24, 2.45) is 0 Å². The van der Waals surface area contributed by atoms with Crippen LogP contribution in [0.2, 0.25) is 0 Å². The first-order valence-corrected chi connectivity index (χ1v) is 6.16. The number of amides is 1. The van der Waals surface area contributed by atoms with Gasteiger partial charge in [-0.1, -0.05) is 0 Å². The Morgan fingerprint density at radius 3 is 2.55 bits per heavy atom. The van der Waals surface area contributed by atoms with E-state index in [0.717, 1.165) is 0 Å². The SMILES string of the molecule is CCOC(=O)CN(C(=O)c1ccc([N+](=O)[O-])[nH]1)C(C)C. The van der Waals surface area contributed by atoms with Crippen LogP contribution < -0.4 is 0 Å². The zero-order chi connectivity index (χ0) is 15.3. The summed E-state index contributed by atoms with van der Waals surface area (Å²) in [6.07, 6.45) is 0. The summed E-state index contributed by atoms with van der Waals surface area (Å²) in [5, 5.41) is 10.6. The highest BCUT2D eigenvalue weighted by atomic mass is 16.6. The molecule has 20 heavy (non-hydrogen) atoms. The number of hydrogen-bond donors (Lipinski definition) is 1. The fourth-order valence-corrected chi connectivity index (χ4v) is 1.60. The van der Waals surface area contributed by atoms with Crippen molar-refractivity contribution in [1.82, 2.24) is 9.88 Å². The summed E-state index contributed by atoms with van der Waals surface area (Å²) in [7, 11) is 0. The summed E-state index contributed by atoms with van der Waals surface area (Å²) in [6.45, 7) is 5.20. The van der Waals surface area contributed by atoms with Crippen LogP contribution in [0.5, 0.6) is 0 Å². The van der Waals surface area contributed by atoms with Gasteiger partial charge >= 0.3 is 11.8 Å². The molecule has 1 rings (SSSR count). The molecule has 1 N–H and O–H groups in total. The molecule has 1 amide bonds. The van der Waals surface area contributed by atoms with Crippen molar-refractivity contribution < 1.29 is 19.2 Å². The first-order chi connectivity index (χ1) is 9.36. The highest BCUT2D eigenvalue weighted by molar-refractivity contribution is 5.95. The van der Waals surface area contributed by atoms with Gasteiger partial charge in [0.15, 0.2) is 5.69 Å². The molecule has 8 nitrogen and oxygen atoms in total. The molecule has 0 saturated heterocycles. The van der Waals surface area contributed by atoms with Crippen LogP contribution in [0, 0.1) is 10.1 Å². The van der Waals surface area contributed by atoms with Crippen LogP contribution in [0.15, 0.2) is 12.1 Å². The minimum Gasteiger partial charge on any atom is -0.465 e. The van der Waals surface area contributed by atoms with E-state index >= 15 is 0 Å². The van der Waals surface area contributed by atoms with Crippen molar-refractivity contribution in [2.45, 2.75) is 26.8 Å². The average molecular weight is 283 g/mol. The molecule has 0 aliphatic heterocycles. The van der Waals surface area contributed by atoms with Gasteiger partial charge in [-0.05, 0) is 31.8 Å². The topological polar surface area (TPSA) is 106 Å². The van der Waals surface area contributed by atoms with Crippen LogP contribution in [-0.4, -0.2) is 45.9 Å². The van der Waals surface area contributed by atoms with E-state index in [9.17, 15) is 19.7 Å². The van der Waals surface area contributed by atoms with Gasteiger partial charge in [0.25, 0.3) is 5.91 Å². The highest BCUT2D eigenvalue weighted by Crippen LogP contribution is 2.13. The molecular weight excluding hydrogens is 266 g/mol. The number of hydrogen-bond acceptors (Lipinski definition) is 5. The van der Waals surface area contributed by atoms with Gasteiger partial charge in [0.2, 0.25) is 0 Å². The number of nitrogens with zero attached hydrogens (tertiary/aromatic N) is 2. The summed E-state index contributed by atoms with van der Waals surface area (Å²) >= 11 is 0. The third kappa shape index (κ3) is 3.81. The van der Waals surface area contributed by atoms with Gasteiger partial charge in [-0.25, -0.2) is 4.98 Å². The van der Waals surface area contributed by atoms with Crippen LogP contribution in [0.4, 0.5) is 5.82 Å². The Hall–Kier alpha value is -2.38. The van der Waals surface area contributed by atoms with Crippen LogP contribution in [0.1, 0.15) is 31.3 Å². The van der Waals surface area contributed by atoms with Gasteiger partial charge in [-0.3, -0.25) is 9.59 Å². The summed E-state index contributed by atoms with van der Waals surface area (Å²) in [5.74, 6) is -1.27. The molecule has 0 radical (unpaired) electrons. The van der Waals surface area contributed by atoms with Gasteiger partial charge in [-0.15, -0.1) is 0 Å². The number of H-pyrrole nitrogens is 1. The molecule has 0 aliphatic carbocycles. The predicted molar refractivity (Wildman–Crippen MR) is 70.3 cm³/mol. The number of aromatic amines is 1. The predicted octanol–water partition coefficient (Wildman–Crippen LogP) is 1.34. The minimum atomic E-state index is -0.623. The second-order valence-electron chi connectivity index (χ2n) is 4.35. The maximum Gasteiger partial charge on any atom is 0.325 e. The van der Waals surface area contributed by atoms with Crippen molar-refractivity contribution in [2.75, 3.05) is 13.2 Å². The number of nitrogens with one attached hydrogen (secondary N) is 1. The Kier molecular flexibility index (Phi) is 5.24. The molecule has 1 aromatic heterocycles. The zero-order valence-electron chi connectivity index (χ0n) is 11.6. The van der Waals surface area contributed by atoms with Crippen molar-refractivity contribution in [1.29, 1.82) is 0 Å². The Bertz CT molecular complexity index is 509. The minimum absolute atomic E-state index is 0.0645. The molecule has 0 unspecified atom stereocenters. The van der Waals surface area contributed by atoms with E-state index in [1.807, 2.05) is 0 Å². The van der Waals surface area contributed by atoms with Crippen molar-refractivity contribution in [3.8, 4) is 0 Å². The highest BCUT2D eigenvalue weighted by Gasteiger charge is 2.26. The number of carbonyl (C=O) groups excluding carboxylic acids is 2. The fourth-order valence-electron chi connectivity index (χ4n) is 1.60. The van der Waals surface area contributed by atoms with E-state index < -0.39 is 16.8 Å². The Balaban J connectivity index is 2.87. The van der Waals surface area contributed by atoms with Crippen molar-refractivity contribution >= 4 is 17.7 Å². The lowest BCUT2D eigenvalue weighted by molar-refractivity contribution is -0.389. The van der Waals surface area contributed by atoms with E-state index in [4.69, 9.17) is 4.74 Å². The second kappa shape index (κ2) is 6.69. The molecule has 0 aromatic carbocycles. The number of ether oxygens (including phenoxy) is 1. The summed E-state index contributed by atoms with van der Waals surface area (Å²) in [4.78, 5) is 37.4. The van der Waals surface area contributed by atoms with E-state index in [0.29, 0.717) is 0 Å². The lowest BCUT2D eigenvalue weighted by Gasteiger charge is -2.24. The summed E-state index contributed by atoms with van der Waals surface area (Å²) in [5.41, 5.74) is 0.0645. The Morgan fingerprint density at radius 1 is 1.45 bits per heavy atom. The average Bonchev–Trinajstić information content (AvgIpc) is 2.84. The van der Waals surface area contributed by atoms with Crippen LogP contribution in [0.25, 0.3) is 0 Å². The second-order valence-corrected chi connectivity index (χ2v) is 4.35. The Morgan fingerprint density at radius 2 is 2.10 bits per heavy atom. The molecule has 8 heteroatoms. The summed E-state index contributed by atoms with van der Waals surface area (Å²) in [6, 6.07) is 2.28. The van der Waals surface area contributed by atoms with Gasteiger partial charge in [0.1, 0.15) is 6.54 Å². The first kappa shape index (κ1) is 15.7. The first-order valence-electron chi connectivity index (χ1n) is 6.16. The molecular formula is C12H17N3O5. The lowest BCUT2D eigenvalue weighted by Crippen LogP contribution is -2.41. The van der Waals surface area contributed by atoms with Gasteiger partial charge in [0.05, 0.1) is 6.61 Å². The molecule has 0 bridgehead atoms. The molecule has 0 aliphatic rings. The number of esters is 1. The maximum atomic E-state index is 12.2. The van der Waals surface area contributed by atoms with Crippen LogP contribution >= 0.6 is 0 Å². The molecule has 110 valence electrons. The summed E-state index contributed by atoms with van der Waals surface area (Å²) < 4.78 is 4.80. The van der Waals surface area contributed by atoms with Crippen molar-refractivity contribution in [3.05, 3.63) is 27.9 Å². The largest absolute Gasteiger partial charge is 0.465 e. The molecule has 1 aromatic rings. The number of rotatable bonds is 6. The Labute approximate surface area is 115 Å². The standard InChI is InChI=1S/C12H17N3O5/c1-4-20-11(16)7-14(8(2)3)12(17)9-5-6-10(13-9)15(18)19/h5-6,8,13H,4,7H2,1-3H3. The third-order valence-electron chi connectivity index (χ3n) is 2.59. The number of aromatic nitrogens is 1. The maximum absolute atomic E-state index is 12.2. The number of nitro groups is 1. The molecule has 0 spiro atoms. The van der Waals surface area contributed by atoms with Crippen LogP contribution in [-0.2, 0) is 9.53 Å². The lowest BCUT2D eigenvalue weighted by atomic mass is 10.2. The number of carbonyl (C=O) groups is 2. The van der Waals surface area contributed by atoms with Gasteiger partial charge in [0, 0.05) is 12.1 Å². The zero-order valence-corrected chi connectivity index (χ0v) is 11.6. The molecule has 0 fully saturated rings. The van der Waals surface area contributed by atoms with Crippen molar-refractivity contribution in [3.63, 3.8) is 0 Å². The van der Waals surface area contributed by atoms with E-state index in [-0.39, 0.29) is 30.7 Å². The molecule has 0 saturated carbocycles. The third-order valence-corrected chi connectivity index (χ3v) is 2.59. The normalized spacial score (nSPS) is 10.4. The van der Waals surface area contributed by atoms with Crippen LogP contribution in [0.3, 0.4) is 0 Å². The van der Waals surface area contributed by atoms with Gasteiger partial charge < -0.3 is 19.8 Å². The van der Waals surface area contributed by atoms with E-state index in [1.54, 1.807) is 20.8 Å². The smallest absolute Gasteiger partial charge is 0.325 e. The quantitative estimate of drug-likeness (QED) is 0.481. The molecule has 1 heterocycles.